The lowest BCUT2D eigenvalue weighted by Crippen LogP contribution is -1.99. The molecule has 0 fully saturated rings. The number of nitrogens with one attached hydrogen (secondary N) is 1. The predicted octanol–water partition coefficient (Wildman–Crippen LogP) is 3.21. The van der Waals surface area contributed by atoms with Crippen LogP contribution in [-0.4, -0.2) is 36.6 Å². The minimum Gasteiger partial charge on any atom is -0.502 e. The van der Waals surface area contributed by atoms with Crippen molar-refractivity contribution in [1.82, 2.24) is 0 Å². The molecule has 2 aromatic rings. The van der Waals surface area contributed by atoms with Crippen LogP contribution in [0.4, 0.5) is 5.69 Å². The number of hydrogen-bond donors (Lipinski definition) is 3. The van der Waals surface area contributed by atoms with Crippen LogP contribution in [0.15, 0.2) is 35.4 Å². The van der Waals surface area contributed by atoms with Crippen LogP contribution in [-0.2, 0) is 0 Å². The molecule has 8 heteroatoms. The summed E-state index contributed by atoms with van der Waals surface area (Å²) in [5.74, 6) is -0.736. The number of carboxylic acids is 1. The summed E-state index contributed by atoms with van der Waals surface area (Å²) in [7, 11) is 2.85. The molecule has 0 spiro atoms. The Morgan fingerprint density at radius 2 is 1.83 bits per heavy atom. The Morgan fingerprint density at radius 1 is 1.21 bits per heavy atom. The maximum Gasteiger partial charge on any atom is 0.337 e. The monoisotopic (exact) mass is 350 g/mol. The van der Waals surface area contributed by atoms with Crippen molar-refractivity contribution in [1.29, 1.82) is 0 Å². The van der Waals surface area contributed by atoms with Crippen molar-refractivity contribution in [3.63, 3.8) is 0 Å². The molecule has 3 N–H and O–H groups in total. The van der Waals surface area contributed by atoms with E-state index in [0.29, 0.717) is 11.3 Å². The standard InChI is InChI=1S/C16H15ClN2O5/c1-23-13-5-9(6-14(24-2)15(13)20)8-18-19-10-3-4-12(17)11(7-10)16(21)22/h3-8,19-20H,1-2H3,(H,21,22). The molecular weight excluding hydrogens is 336 g/mol. The summed E-state index contributed by atoms with van der Waals surface area (Å²) in [4.78, 5) is 11.0. The molecule has 0 heterocycles. The van der Waals surface area contributed by atoms with Crippen molar-refractivity contribution in [2.24, 2.45) is 5.10 Å². The normalized spacial score (nSPS) is 10.6. The molecule has 0 bridgehead atoms. The lowest BCUT2D eigenvalue weighted by Gasteiger charge is -2.09. The Hall–Kier alpha value is -2.93. The number of hydrazone groups is 1. The van der Waals surface area contributed by atoms with Crippen LogP contribution in [0.2, 0.25) is 5.02 Å². The van der Waals surface area contributed by atoms with Crippen LogP contribution in [0.5, 0.6) is 17.2 Å². The number of carbonyl (C=O) groups is 1. The van der Waals surface area contributed by atoms with Crippen LogP contribution < -0.4 is 14.9 Å². The predicted molar refractivity (Wildman–Crippen MR) is 90.8 cm³/mol. The molecule has 0 radical (unpaired) electrons. The summed E-state index contributed by atoms with van der Waals surface area (Å²) in [6, 6.07) is 7.60. The van der Waals surface area contributed by atoms with Crippen LogP contribution >= 0.6 is 11.6 Å². The van der Waals surface area contributed by atoms with Gasteiger partial charge in [-0.3, -0.25) is 5.43 Å². The molecule has 0 aliphatic heterocycles. The molecule has 0 aliphatic rings. The lowest BCUT2D eigenvalue weighted by atomic mass is 10.2. The van der Waals surface area contributed by atoms with Gasteiger partial charge in [0, 0.05) is 5.56 Å². The zero-order valence-electron chi connectivity index (χ0n) is 12.9. The summed E-state index contributed by atoms with van der Waals surface area (Å²) in [5, 5.41) is 23.0. The summed E-state index contributed by atoms with van der Waals surface area (Å²) < 4.78 is 10.1. The van der Waals surface area contributed by atoms with E-state index in [1.54, 1.807) is 18.2 Å². The van der Waals surface area contributed by atoms with Gasteiger partial charge in [0.2, 0.25) is 5.75 Å². The fourth-order valence-corrected chi connectivity index (χ4v) is 2.13. The molecule has 0 atom stereocenters. The number of phenolic OH excluding ortho intramolecular Hbond substituents is 1. The third-order valence-corrected chi connectivity index (χ3v) is 3.44. The van der Waals surface area contributed by atoms with Gasteiger partial charge in [-0.25, -0.2) is 4.79 Å². The highest BCUT2D eigenvalue weighted by atomic mass is 35.5. The van der Waals surface area contributed by atoms with E-state index in [-0.39, 0.29) is 27.8 Å². The minimum absolute atomic E-state index is 0.0233. The summed E-state index contributed by atoms with van der Waals surface area (Å²) >= 11 is 5.80. The maximum absolute atomic E-state index is 11.0. The number of nitrogens with zero attached hydrogens (tertiary/aromatic N) is 1. The van der Waals surface area contributed by atoms with Crippen molar-refractivity contribution in [3.8, 4) is 17.2 Å². The number of aromatic carboxylic acids is 1. The summed E-state index contributed by atoms with van der Waals surface area (Å²) in [5.41, 5.74) is 3.76. The fraction of sp³-hybridized carbons (Fsp3) is 0.125. The molecule has 24 heavy (non-hydrogen) atoms. The van der Waals surface area contributed by atoms with E-state index in [4.69, 9.17) is 26.2 Å². The van der Waals surface area contributed by atoms with Gasteiger partial charge in [-0.1, -0.05) is 11.6 Å². The van der Waals surface area contributed by atoms with Gasteiger partial charge in [0.05, 0.1) is 36.7 Å². The Balaban J connectivity index is 2.20. The van der Waals surface area contributed by atoms with Gasteiger partial charge in [-0.05, 0) is 30.3 Å². The largest absolute Gasteiger partial charge is 0.502 e. The Labute approximate surface area is 143 Å². The van der Waals surface area contributed by atoms with Crippen molar-refractivity contribution < 1.29 is 24.5 Å². The van der Waals surface area contributed by atoms with Gasteiger partial charge in [0.15, 0.2) is 11.5 Å². The van der Waals surface area contributed by atoms with E-state index >= 15 is 0 Å². The van der Waals surface area contributed by atoms with Crippen molar-refractivity contribution in [2.45, 2.75) is 0 Å². The second-order valence-electron chi connectivity index (χ2n) is 4.64. The van der Waals surface area contributed by atoms with Gasteiger partial charge in [-0.2, -0.15) is 5.10 Å². The highest BCUT2D eigenvalue weighted by molar-refractivity contribution is 6.33. The molecule has 7 nitrogen and oxygen atoms in total. The highest BCUT2D eigenvalue weighted by Gasteiger charge is 2.11. The van der Waals surface area contributed by atoms with Crippen molar-refractivity contribution in [2.75, 3.05) is 19.6 Å². The van der Waals surface area contributed by atoms with Gasteiger partial charge in [0.25, 0.3) is 0 Å². The van der Waals surface area contributed by atoms with Gasteiger partial charge in [-0.15, -0.1) is 0 Å². The molecule has 0 aromatic heterocycles. The Kier molecular flexibility index (Phi) is 5.49. The van der Waals surface area contributed by atoms with E-state index in [9.17, 15) is 9.90 Å². The number of aromatic hydroxyl groups is 1. The third kappa shape index (κ3) is 3.88. The average Bonchev–Trinajstić information content (AvgIpc) is 2.57. The first-order chi connectivity index (χ1) is 11.5. The van der Waals surface area contributed by atoms with Gasteiger partial charge < -0.3 is 19.7 Å². The van der Waals surface area contributed by atoms with Gasteiger partial charge >= 0.3 is 5.97 Å². The first-order valence-corrected chi connectivity index (χ1v) is 7.11. The van der Waals surface area contributed by atoms with Crippen molar-refractivity contribution >= 4 is 29.5 Å². The van der Waals surface area contributed by atoms with Crippen LogP contribution in [0.1, 0.15) is 15.9 Å². The lowest BCUT2D eigenvalue weighted by molar-refractivity contribution is 0.0697. The van der Waals surface area contributed by atoms with E-state index in [1.165, 1.54) is 32.6 Å². The average molecular weight is 351 g/mol. The number of halogens is 1. The molecule has 2 rings (SSSR count). The molecule has 2 aromatic carbocycles. The second kappa shape index (κ2) is 7.56. The second-order valence-corrected chi connectivity index (χ2v) is 5.05. The van der Waals surface area contributed by atoms with Crippen LogP contribution in [0, 0.1) is 0 Å². The summed E-state index contributed by atoms with van der Waals surface area (Å²) in [6.45, 7) is 0. The number of phenols is 1. The SMILES string of the molecule is COc1cc(C=NNc2ccc(Cl)c(C(=O)O)c2)cc(OC)c1O. The quantitative estimate of drug-likeness (QED) is 0.546. The first-order valence-electron chi connectivity index (χ1n) is 6.73. The van der Waals surface area contributed by atoms with E-state index in [0.717, 1.165) is 0 Å². The number of methoxy groups -OCH3 is 2. The zero-order chi connectivity index (χ0) is 17.7. The highest BCUT2D eigenvalue weighted by Crippen LogP contribution is 2.36. The number of anilines is 1. The topological polar surface area (TPSA) is 100 Å². The molecule has 0 saturated heterocycles. The Morgan fingerprint density at radius 3 is 2.38 bits per heavy atom. The zero-order valence-corrected chi connectivity index (χ0v) is 13.7. The maximum atomic E-state index is 11.0. The van der Waals surface area contributed by atoms with Gasteiger partial charge in [0.1, 0.15) is 0 Å². The molecule has 126 valence electrons. The first kappa shape index (κ1) is 17.4. The minimum atomic E-state index is -1.12. The number of ether oxygens (including phenoxy) is 2. The fourth-order valence-electron chi connectivity index (χ4n) is 1.93. The van der Waals surface area contributed by atoms with E-state index in [1.807, 2.05) is 0 Å². The van der Waals surface area contributed by atoms with Crippen LogP contribution in [0.25, 0.3) is 0 Å². The molecule has 0 unspecified atom stereocenters. The molecule has 0 amide bonds. The number of carboxylic acid groups (broad SMARTS) is 1. The smallest absolute Gasteiger partial charge is 0.337 e. The Bertz CT molecular complexity index is 767. The summed E-state index contributed by atoms with van der Waals surface area (Å²) in [6.07, 6.45) is 1.47. The third-order valence-electron chi connectivity index (χ3n) is 3.11. The number of rotatable bonds is 6. The molecule has 0 saturated carbocycles. The van der Waals surface area contributed by atoms with Crippen LogP contribution in [0.3, 0.4) is 0 Å². The molecular formula is C16H15ClN2O5. The number of benzene rings is 2. The van der Waals surface area contributed by atoms with E-state index < -0.39 is 5.97 Å². The molecule has 0 aliphatic carbocycles. The van der Waals surface area contributed by atoms with Crippen molar-refractivity contribution in [3.05, 3.63) is 46.5 Å². The van der Waals surface area contributed by atoms with E-state index in [2.05, 4.69) is 10.5 Å². The number of hydrogen-bond acceptors (Lipinski definition) is 6.